The van der Waals surface area contributed by atoms with Gasteiger partial charge in [0.2, 0.25) is 23.5 Å². The molecule has 0 bridgehead atoms. The molecule has 2 aromatic carbocycles. The topological polar surface area (TPSA) is 91.6 Å². The Morgan fingerprint density at radius 2 is 1.86 bits per heavy atom. The van der Waals surface area contributed by atoms with E-state index >= 15 is 0 Å². The zero-order valence-corrected chi connectivity index (χ0v) is 20.8. The summed E-state index contributed by atoms with van der Waals surface area (Å²) in [5, 5.41) is 7.27. The van der Waals surface area contributed by atoms with Crippen molar-refractivity contribution in [3.63, 3.8) is 0 Å². The first-order valence-electron chi connectivity index (χ1n) is 12.8. The van der Waals surface area contributed by atoms with Crippen molar-refractivity contribution < 1.29 is 14.1 Å². The van der Waals surface area contributed by atoms with Crippen LogP contribution in [0.25, 0.3) is 11.4 Å². The molecule has 3 heterocycles. The van der Waals surface area contributed by atoms with E-state index < -0.39 is 0 Å². The summed E-state index contributed by atoms with van der Waals surface area (Å²) in [5.74, 6) is 1.52. The van der Waals surface area contributed by atoms with Crippen molar-refractivity contribution in [3.8, 4) is 11.4 Å². The minimum atomic E-state index is -0.000822. The Kier molecular flexibility index (Phi) is 7.41. The number of carbonyl (C=O) groups is 2. The Balaban J connectivity index is 1.09. The molecule has 2 fully saturated rings. The molecule has 0 unspecified atom stereocenters. The van der Waals surface area contributed by atoms with Crippen LogP contribution in [0.5, 0.6) is 0 Å². The fourth-order valence-corrected chi connectivity index (χ4v) is 5.05. The van der Waals surface area contributed by atoms with Crippen molar-refractivity contribution in [1.82, 2.24) is 25.3 Å². The lowest BCUT2D eigenvalue weighted by atomic mass is 9.95. The largest absolute Gasteiger partial charge is 0.352 e. The molecule has 2 amide bonds. The third kappa shape index (κ3) is 5.82. The summed E-state index contributed by atoms with van der Waals surface area (Å²) in [5.41, 5.74) is 4.29. The van der Waals surface area contributed by atoms with Crippen molar-refractivity contribution in [2.45, 2.75) is 52.2 Å². The Morgan fingerprint density at radius 3 is 2.61 bits per heavy atom. The first-order chi connectivity index (χ1) is 17.5. The van der Waals surface area contributed by atoms with Gasteiger partial charge in [-0.2, -0.15) is 4.98 Å². The zero-order valence-electron chi connectivity index (χ0n) is 20.8. The van der Waals surface area contributed by atoms with Crippen LogP contribution in [0.1, 0.15) is 48.3 Å². The normalized spacial score (nSPS) is 17.0. The second-order valence-corrected chi connectivity index (χ2v) is 9.84. The molecule has 0 radical (unpaired) electrons. The van der Waals surface area contributed by atoms with Gasteiger partial charge in [-0.15, -0.1) is 0 Å². The maximum absolute atomic E-state index is 12.9. The highest BCUT2D eigenvalue weighted by molar-refractivity contribution is 5.79. The maximum atomic E-state index is 12.9. The van der Waals surface area contributed by atoms with Crippen molar-refractivity contribution in [2.24, 2.45) is 5.92 Å². The lowest BCUT2D eigenvalue weighted by Crippen LogP contribution is -2.40. The SMILES string of the molecule is Cc1cccc(-c2noc(CN3CCC(C(=O)NCc4ccccc4CN4CCCC4=O)CC3)n2)c1. The summed E-state index contributed by atoms with van der Waals surface area (Å²) >= 11 is 0. The minimum absolute atomic E-state index is 0.000822. The van der Waals surface area contributed by atoms with Crippen LogP contribution in [0.2, 0.25) is 0 Å². The van der Waals surface area contributed by atoms with E-state index in [-0.39, 0.29) is 17.7 Å². The quantitative estimate of drug-likeness (QED) is 0.521. The fraction of sp³-hybridized carbons (Fsp3) is 0.429. The number of piperidine rings is 1. The third-order valence-electron chi connectivity index (χ3n) is 7.17. The van der Waals surface area contributed by atoms with Gasteiger partial charge in [0.15, 0.2) is 0 Å². The Labute approximate surface area is 211 Å². The molecular formula is C28H33N5O3. The molecule has 8 heteroatoms. The molecule has 3 aromatic rings. The van der Waals surface area contributed by atoms with Crippen molar-refractivity contribution in [2.75, 3.05) is 19.6 Å². The summed E-state index contributed by atoms with van der Waals surface area (Å²) in [6.07, 6.45) is 3.16. The molecule has 0 aliphatic carbocycles. The van der Waals surface area contributed by atoms with Crippen LogP contribution in [0.15, 0.2) is 53.1 Å². The molecule has 1 N–H and O–H groups in total. The molecule has 188 valence electrons. The summed E-state index contributed by atoms with van der Waals surface area (Å²) in [7, 11) is 0. The summed E-state index contributed by atoms with van der Waals surface area (Å²) in [4.78, 5) is 33.6. The van der Waals surface area contributed by atoms with E-state index in [0.29, 0.717) is 37.8 Å². The van der Waals surface area contributed by atoms with Gasteiger partial charge in [0, 0.05) is 37.5 Å². The van der Waals surface area contributed by atoms with Gasteiger partial charge in [-0.25, -0.2) is 0 Å². The summed E-state index contributed by atoms with van der Waals surface area (Å²) in [6, 6.07) is 16.1. The number of nitrogens with one attached hydrogen (secondary N) is 1. The molecule has 36 heavy (non-hydrogen) atoms. The Bertz CT molecular complexity index is 1220. The van der Waals surface area contributed by atoms with E-state index in [1.54, 1.807) is 0 Å². The average Bonchev–Trinajstić information content (AvgIpc) is 3.53. The highest BCUT2D eigenvalue weighted by atomic mass is 16.5. The number of hydrogen-bond donors (Lipinski definition) is 1. The average molecular weight is 488 g/mol. The van der Waals surface area contributed by atoms with Crippen molar-refractivity contribution in [1.29, 1.82) is 0 Å². The van der Waals surface area contributed by atoms with Crippen molar-refractivity contribution in [3.05, 3.63) is 71.1 Å². The molecule has 2 saturated heterocycles. The van der Waals surface area contributed by atoms with E-state index in [0.717, 1.165) is 61.2 Å². The number of aryl methyl sites for hydroxylation is 1. The van der Waals surface area contributed by atoms with Gasteiger partial charge in [-0.05, 0) is 56.5 Å². The summed E-state index contributed by atoms with van der Waals surface area (Å²) in [6.45, 7) is 6.18. The number of hydrogen-bond acceptors (Lipinski definition) is 6. The van der Waals surface area contributed by atoms with Gasteiger partial charge < -0.3 is 14.7 Å². The standard InChI is InChI=1S/C28H33N5O3/c1-20-6-4-9-22(16-20)27-30-25(36-31-27)19-32-14-11-21(12-15-32)28(35)29-17-23-7-2-3-8-24(23)18-33-13-5-10-26(33)34/h2-4,6-9,16,21H,5,10-15,17-19H2,1H3,(H,29,35). The first kappa shape index (κ1) is 24.2. The van der Waals surface area contributed by atoms with E-state index in [1.807, 2.05) is 60.4 Å². The van der Waals surface area contributed by atoms with Gasteiger partial charge in [0.25, 0.3) is 0 Å². The predicted molar refractivity (Wildman–Crippen MR) is 135 cm³/mol. The molecule has 5 rings (SSSR count). The van der Waals surface area contributed by atoms with Gasteiger partial charge in [0.1, 0.15) is 0 Å². The number of likely N-dealkylation sites (tertiary alicyclic amines) is 2. The van der Waals surface area contributed by atoms with Crippen LogP contribution in [0.3, 0.4) is 0 Å². The van der Waals surface area contributed by atoms with Gasteiger partial charge in [-0.1, -0.05) is 53.2 Å². The van der Waals surface area contributed by atoms with Crippen LogP contribution in [-0.2, 0) is 29.2 Å². The zero-order chi connectivity index (χ0) is 24.9. The second-order valence-electron chi connectivity index (χ2n) is 9.84. The number of benzene rings is 2. The van der Waals surface area contributed by atoms with E-state index in [9.17, 15) is 9.59 Å². The van der Waals surface area contributed by atoms with E-state index in [4.69, 9.17) is 4.52 Å². The number of carbonyl (C=O) groups excluding carboxylic acids is 2. The number of rotatable bonds is 8. The highest BCUT2D eigenvalue weighted by Gasteiger charge is 2.26. The number of amides is 2. The lowest BCUT2D eigenvalue weighted by Gasteiger charge is -2.30. The molecule has 0 atom stereocenters. The lowest BCUT2D eigenvalue weighted by molar-refractivity contribution is -0.128. The molecule has 0 saturated carbocycles. The highest BCUT2D eigenvalue weighted by Crippen LogP contribution is 2.22. The van der Waals surface area contributed by atoms with Crippen LogP contribution in [-0.4, -0.2) is 51.4 Å². The van der Waals surface area contributed by atoms with Gasteiger partial charge >= 0.3 is 0 Å². The monoisotopic (exact) mass is 487 g/mol. The van der Waals surface area contributed by atoms with Crippen LogP contribution < -0.4 is 5.32 Å². The maximum Gasteiger partial charge on any atom is 0.241 e. The summed E-state index contributed by atoms with van der Waals surface area (Å²) < 4.78 is 5.48. The van der Waals surface area contributed by atoms with Crippen LogP contribution in [0, 0.1) is 12.8 Å². The Hall–Kier alpha value is -3.52. The second kappa shape index (κ2) is 11.0. The van der Waals surface area contributed by atoms with E-state index in [2.05, 4.69) is 20.4 Å². The van der Waals surface area contributed by atoms with E-state index in [1.165, 1.54) is 0 Å². The van der Waals surface area contributed by atoms with Crippen molar-refractivity contribution >= 4 is 11.8 Å². The molecular weight excluding hydrogens is 454 g/mol. The van der Waals surface area contributed by atoms with Gasteiger partial charge in [-0.3, -0.25) is 14.5 Å². The van der Waals surface area contributed by atoms with Crippen LogP contribution in [0.4, 0.5) is 0 Å². The molecule has 8 nitrogen and oxygen atoms in total. The molecule has 2 aliphatic rings. The molecule has 2 aliphatic heterocycles. The Morgan fingerprint density at radius 1 is 1.06 bits per heavy atom. The number of aromatic nitrogens is 2. The molecule has 0 spiro atoms. The molecule has 1 aromatic heterocycles. The minimum Gasteiger partial charge on any atom is -0.352 e. The first-order valence-corrected chi connectivity index (χ1v) is 12.8. The third-order valence-corrected chi connectivity index (χ3v) is 7.17. The predicted octanol–water partition coefficient (Wildman–Crippen LogP) is 3.70. The fourth-order valence-electron chi connectivity index (χ4n) is 5.05. The van der Waals surface area contributed by atoms with Crippen LogP contribution >= 0.6 is 0 Å². The van der Waals surface area contributed by atoms with Gasteiger partial charge in [0.05, 0.1) is 6.54 Å². The smallest absolute Gasteiger partial charge is 0.241 e. The number of nitrogens with zero attached hydrogens (tertiary/aromatic N) is 4.